The molecule has 0 spiro atoms. The Morgan fingerprint density at radius 3 is 2.83 bits per heavy atom. The molecule has 2 aromatic heterocycles. The third kappa shape index (κ3) is 3.89. The van der Waals surface area contributed by atoms with Gasteiger partial charge in [0.15, 0.2) is 10.8 Å². The summed E-state index contributed by atoms with van der Waals surface area (Å²) in [5.74, 6) is -0.153. The number of pyridine rings is 1. The van der Waals surface area contributed by atoms with Gasteiger partial charge < -0.3 is 5.32 Å². The molecule has 122 valence electrons. The molecule has 2 aromatic rings. The van der Waals surface area contributed by atoms with Gasteiger partial charge in [0.1, 0.15) is 5.54 Å². The average molecular weight is 372 g/mol. The number of thioether (sulfide) groups is 1. The van der Waals surface area contributed by atoms with Crippen molar-refractivity contribution < 1.29 is 4.79 Å². The Morgan fingerprint density at radius 1 is 1.52 bits per heavy atom. The van der Waals surface area contributed by atoms with Crippen molar-refractivity contribution in [3.05, 3.63) is 22.3 Å². The van der Waals surface area contributed by atoms with Crippen LogP contribution in [0.4, 0.5) is 0 Å². The van der Waals surface area contributed by atoms with Gasteiger partial charge in [0.25, 0.3) is 0 Å². The van der Waals surface area contributed by atoms with E-state index in [-0.39, 0.29) is 17.6 Å². The van der Waals surface area contributed by atoms with E-state index in [1.165, 1.54) is 11.8 Å². The molecule has 1 N–H and O–H groups in total. The molecule has 0 fully saturated rings. The molecule has 0 unspecified atom stereocenters. The van der Waals surface area contributed by atoms with Crippen LogP contribution in [0.15, 0.2) is 17.4 Å². The zero-order valence-corrected chi connectivity index (χ0v) is 15.1. The van der Waals surface area contributed by atoms with E-state index >= 15 is 0 Å². The quantitative estimate of drug-likeness (QED) is 0.815. The molecule has 6 nitrogen and oxygen atoms in total. The number of nitrogens with zero attached hydrogens (tertiary/aromatic N) is 4. The van der Waals surface area contributed by atoms with Gasteiger partial charge in [0.05, 0.1) is 21.9 Å². The third-order valence-electron chi connectivity index (χ3n) is 3.51. The van der Waals surface area contributed by atoms with Crippen molar-refractivity contribution in [1.82, 2.24) is 19.9 Å². The maximum absolute atomic E-state index is 12.1. The summed E-state index contributed by atoms with van der Waals surface area (Å²) in [6, 6.07) is 3.72. The molecule has 0 aromatic carbocycles. The molecule has 0 bridgehead atoms. The van der Waals surface area contributed by atoms with Crippen molar-refractivity contribution in [2.45, 2.75) is 31.5 Å². The van der Waals surface area contributed by atoms with Crippen LogP contribution < -0.4 is 5.32 Å². The van der Waals surface area contributed by atoms with Crippen molar-refractivity contribution in [2.24, 2.45) is 5.92 Å². The summed E-state index contributed by atoms with van der Waals surface area (Å²) in [5.41, 5.74) is -0.431. The first-order valence-electron chi connectivity index (χ1n) is 6.81. The molecular weight excluding hydrogens is 357 g/mol. The van der Waals surface area contributed by atoms with Crippen molar-refractivity contribution in [3.63, 3.8) is 0 Å². The maximum atomic E-state index is 12.1. The van der Waals surface area contributed by atoms with Crippen LogP contribution in [0, 0.1) is 17.2 Å². The van der Waals surface area contributed by atoms with E-state index in [1.54, 1.807) is 23.6 Å². The molecule has 2 rings (SSSR count). The highest BCUT2D eigenvalue weighted by molar-refractivity contribution is 7.99. The van der Waals surface area contributed by atoms with Crippen molar-refractivity contribution in [3.8, 4) is 6.07 Å². The van der Waals surface area contributed by atoms with Crippen LogP contribution in [-0.2, 0) is 4.79 Å². The molecule has 0 saturated heterocycles. The standard InChI is InChI=1S/C14H15Cl2N5OS/c1-8(2)14(3,7-17)18-11(22)6-23-13-20-19-12-10(16)4-9(15)5-21(12)13/h4-5,8H,6H2,1-3H3,(H,18,22)/t14-/m1/s1. The van der Waals surface area contributed by atoms with Crippen LogP contribution in [-0.4, -0.2) is 31.8 Å². The zero-order valence-electron chi connectivity index (χ0n) is 12.8. The summed E-state index contributed by atoms with van der Waals surface area (Å²) in [6.45, 7) is 5.46. The van der Waals surface area contributed by atoms with E-state index in [4.69, 9.17) is 23.2 Å². The summed E-state index contributed by atoms with van der Waals surface area (Å²) in [7, 11) is 0. The number of carbonyl (C=O) groups excluding carboxylic acids is 1. The average Bonchev–Trinajstić information content (AvgIpc) is 2.88. The second-order valence-corrected chi connectivity index (χ2v) is 7.27. The summed E-state index contributed by atoms with van der Waals surface area (Å²) in [5, 5.41) is 21.3. The first-order chi connectivity index (χ1) is 10.8. The molecule has 0 aliphatic rings. The fourth-order valence-corrected chi connectivity index (χ4v) is 2.98. The van der Waals surface area contributed by atoms with Crippen LogP contribution >= 0.6 is 35.0 Å². The number of rotatable bonds is 5. The Kier molecular flexibility index (Phi) is 5.40. The van der Waals surface area contributed by atoms with Crippen molar-refractivity contribution in [1.29, 1.82) is 5.26 Å². The lowest BCUT2D eigenvalue weighted by atomic mass is 9.90. The number of carbonyl (C=O) groups is 1. The molecule has 0 saturated carbocycles. The van der Waals surface area contributed by atoms with Gasteiger partial charge in [0.2, 0.25) is 5.91 Å². The summed E-state index contributed by atoms with van der Waals surface area (Å²) >= 11 is 13.2. The molecule has 9 heteroatoms. The van der Waals surface area contributed by atoms with Crippen molar-refractivity contribution >= 4 is 46.5 Å². The predicted molar refractivity (Wildman–Crippen MR) is 90.7 cm³/mol. The van der Waals surface area contributed by atoms with Gasteiger partial charge in [-0.2, -0.15) is 5.26 Å². The van der Waals surface area contributed by atoms with E-state index in [0.29, 0.717) is 20.8 Å². The normalized spacial score (nSPS) is 13.8. The van der Waals surface area contributed by atoms with Gasteiger partial charge in [-0.3, -0.25) is 9.20 Å². The van der Waals surface area contributed by atoms with Crippen LogP contribution in [0.25, 0.3) is 5.65 Å². The minimum absolute atomic E-state index is 0.00650. The number of nitrogens with one attached hydrogen (secondary N) is 1. The number of fused-ring (bicyclic) bond motifs is 1. The van der Waals surface area contributed by atoms with Gasteiger partial charge in [0, 0.05) is 6.20 Å². The number of amides is 1. The van der Waals surface area contributed by atoms with E-state index in [1.807, 2.05) is 13.8 Å². The Balaban J connectivity index is 2.10. The third-order valence-corrected chi connectivity index (χ3v) is 4.94. The minimum Gasteiger partial charge on any atom is -0.337 e. The number of hydrogen-bond donors (Lipinski definition) is 1. The van der Waals surface area contributed by atoms with E-state index in [2.05, 4.69) is 21.6 Å². The Bertz CT molecular complexity index is 785. The highest BCUT2D eigenvalue weighted by atomic mass is 35.5. The van der Waals surface area contributed by atoms with Gasteiger partial charge in [-0.25, -0.2) is 0 Å². The van der Waals surface area contributed by atoms with Crippen LogP contribution in [0.5, 0.6) is 0 Å². The number of hydrogen-bond acceptors (Lipinski definition) is 5. The van der Waals surface area contributed by atoms with Gasteiger partial charge in [-0.15, -0.1) is 10.2 Å². The SMILES string of the molecule is CC(C)[C@@](C)(C#N)NC(=O)CSc1nnc2c(Cl)cc(Cl)cn12. The maximum Gasteiger partial charge on any atom is 0.231 e. The highest BCUT2D eigenvalue weighted by Crippen LogP contribution is 2.25. The number of nitriles is 1. The minimum atomic E-state index is -0.906. The van der Waals surface area contributed by atoms with Gasteiger partial charge >= 0.3 is 0 Å². The molecule has 0 aliphatic heterocycles. The Hall–Kier alpha value is -1.49. The number of aromatic nitrogens is 3. The first-order valence-corrected chi connectivity index (χ1v) is 8.56. The monoisotopic (exact) mass is 371 g/mol. The molecule has 2 heterocycles. The molecule has 1 amide bonds. The smallest absolute Gasteiger partial charge is 0.231 e. The molecule has 0 aliphatic carbocycles. The molecule has 1 atom stereocenters. The lowest BCUT2D eigenvalue weighted by molar-refractivity contribution is -0.120. The van der Waals surface area contributed by atoms with E-state index < -0.39 is 5.54 Å². The van der Waals surface area contributed by atoms with Crippen LogP contribution in [0.1, 0.15) is 20.8 Å². The zero-order chi connectivity index (χ0) is 17.2. The lowest BCUT2D eigenvalue weighted by Gasteiger charge is -2.27. The molecular formula is C14H15Cl2N5OS. The lowest BCUT2D eigenvalue weighted by Crippen LogP contribution is -2.49. The first kappa shape index (κ1) is 17.9. The van der Waals surface area contributed by atoms with Crippen LogP contribution in [0.3, 0.4) is 0 Å². The van der Waals surface area contributed by atoms with Crippen LogP contribution in [0.2, 0.25) is 10.0 Å². The van der Waals surface area contributed by atoms with E-state index in [0.717, 1.165) is 0 Å². The second kappa shape index (κ2) is 6.95. The number of halogens is 2. The highest BCUT2D eigenvalue weighted by Gasteiger charge is 2.30. The molecule has 23 heavy (non-hydrogen) atoms. The fraction of sp³-hybridized carbons (Fsp3) is 0.429. The van der Waals surface area contributed by atoms with Gasteiger partial charge in [-0.05, 0) is 18.9 Å². The summed E-state index contributed by atoms with van der Waals surface area (Å²) in [4.78, 5) is 12.1. The Labute approximate surface area is 148 Å². The summed E-state index contributed by atoms with van der Waals surface area (Å²) < 4.78 is 1.63. The topological polar surface area (TPSA) is 83.1 Å². The Morgan fingerprint density at radius 2 is 2.22 bits per heavy atom. The van der Waals surface area contributed by atoms with Crippen molar-refractivity contribution in [2.75, 3.05) is 5.75 Å². The predicted octanol–water partition coefficient (Wildman–Crippen LogP) is 3.18. The van der Waals surface area contributed by atoms with Gasteiger partial charge in [-0.1, -0.05) is 48.8 Å². The largest absolute Gasteiger partial charge is 0.337 e. The summed E-state index contributed by atoms with van der Waals surface area (Å²) in [6.07, 6.45) is 1.64. The second-order valence-electron chi connectivity index (χ2n) is 5.49. The van der Waals surface area contributed by atoms with E-state index in [9.17, 15) is 10.1 Å². The fourth-order valence-electron chi connectivity index (χ4n) is 1.76. The molecule has 0 radical (unpaired) electrons.